The summed E-state index contributed by atoms with van der Waals surface area (Å²) in [6, 6.07) is 4.04. The molecule has 0 aromatic heterocycles. The lowest BCUT2D eigenvalue weighted by Crippen LogP contribution is -2.35. The molecule has 112 valence electrons. The number of carbonyl (C=O) groups is 1. The molecule has 1 fully saturated rings. The summed E-state index contributed by atoms with van der Waals surface area (Å²) in [4.78, 5) is 14.2. The fraction of sp³-hybridized carbons (Fsp3) is 0.438. The van der Waals surface area contributed by atoms with Crippen molar-refractivity contribution in [1.29, 1.82) is 0 Å². The zero-order chi connectivity index (χ0) is 15.2. The number of aliphatic hydroxyl groups excluding tert-OH is 2. The number of nitrogens with zero attached hydrogens (tertiary/aromatic N) is 1. The molecule has 1 aliphatic carbocycles. The second-order valence-electron chi connectivity index (χ2n) is 4.92. The number of hydrogen-bond donors (Lipinski definition) is 2. The average Bonchev–Trinajstić information content (AvgIpc) is 3.29. The van der Waals surface area contributed by atoms with Crippen molar-refractivity contribution in [3.05, 3.63) is 35.1 Å². The summed E-state index contributed by atoms with van der Waals surface area (Å²) in [6.45, 7) is 0.0870. The summed E-state index contributed by atoms with van der Waals surface area (Å²) in [5, 5.41) is 17.8. The van der Waals surface area contributed by atoms with E-state index in [1.54, 1.807) is 4.90 Å². The van der Waals surface area contributed by atoms with Gasteiger partial charge in [-0.15, -0.1) is 0 Å². The van der Waals surface area contributed by atoms with E-state index in [9.17, 15) is 9.18 Å². The highest BCUT2D eigenvalue weighted by atomic mass is 19.1. The van der Waals surface area contributed by atoms with Crippen molar-refractivity contribution in [3.8, 4) is 11.8 Å². The maximum Gasteiger partial charge on any atom is 0.255 e. The van der Waals surface area contributed by atoms with Gasteiger partial charge in [0.1, 0.15) is 5.82 Å². The summed E-state index contributed by atoms with van der Waals surface area (Å²) >= 11 is 0. The number of hydrogen-bond acceptors (Lipinski definition) is 3. The largest absolute Gasteiger partial charge is 0.395 e. The van der Waals surface area contributed by atoms with E-state index in [2.05, 4.69) is 11.8 Å². The lowest BCUT2D eigenvalue weighted by Gasteiger charge is -2.22. The predicted octanol–water partition coefficient (Wildman–Crippen LogP) is 1.16. The highest BCUT2D eigenvalue weighted by Gasteiger charge is 2.33. The van der Waals surface area contributed by atoms with Crippen LogP contribution in [0.3, 0.4) is 0 Å². The smallest absolute Gasteiger partial charge is 0.255 e. The first-order valence-electron chi connectivity index (χ1n) is 6.98. The molecule has 0 radical (unpaired) electrons. The molecule has 5 heteroatoms. The Balaban J connectivity index is 2.29. The minimum Gasteiger partial charge on any atom is -0.395 e. The van der Waals surface area contributed by atoms with Crippen molar-refractivity contribution < 1.29 is 19.4 Å². The predicted molar refractivity (Wildman–Crippen MR) is 76.1 cm³/mol. The third kappa shape index (κ3) is 4.03. The van der Waals surface area contributed by atoms with Crippen LogP contribution in [0.2, 0.25) is 0 Å². The third-order valence-electron chi connectivity index (χ3n) is 3.26. The Hall–Kier alpha value is -1.90. The van der Waals surface area contributed by atoms with Crippen LogP contribution in [0, 0.1) is 17.7 Å². The van der Waals surface area contributed by atoms with Crippen LogP contribution in [0.5, 0.6) is 0 Å². The first kappa shape index (κ1) is 15.5. The first-order chi connectivity index (χ1) is 10.2. The summed E-state index contributed by atoms with van der Waals surface area (Å²) in [5.74, 6) is 4.74. The molecule has 1 aromatic rings. The summed E-state index contributed by atoms with van der Waals surface area (Å²) in [5.41, 5.74) is 0.652. The van der Waals surface area contributed by atoms with Gasteiger partial charge in [0.2, 0.25) is 0 Å². The molecule has 2 N–H and O–H groups in total. The van der Waals surface area contributed by atoms with Crippen molar-refractivity contribution in [2.24, 2.45) is 0 Å². The topological polar surface area (TPSA) is 60.8 Å². The zero-order valence-corrected chi connectivity index (χ0v) is 11.7. The number of benzene rings is 1. The molecule has 4 nitrogen and oxygen atoms in total. The second kappa shape index (κ2) is 7.21. The van der Waals surface area contributed by atoms with Crippen molar-refractivity contribution in [2.75, 3.05) is 19.8 Å². The minimum atomic E-state index is -0.458. The van der Waals surface area contributed by atoms with Gasteiger partial charge in [-0.1, -0.05) is 11.8 Å². The van der Waals surface area contributed by atoms with Crippen LogP contribution in [-0.4, -0.2) is 46.8 Å². The molecular formula is C16H18FNO3. The van der Waals surface area contributed by atoms with Gasteiger partial charge in [0.05, 0.1) is 18.8 Å². The Bertz CT molecular complexity index is 573. The van der Waals surface area contributed by atoms with Crippen molar-refractivity contribution in [3.63, 3.8) is 0 Å². The van der Waals surface area contributed by atoms with E-state index in [1.807, 2.05) is 0 Å². The van der Waals surface area contributed by atoms with Crippen molar-refractivity contribution in [2.45, 2.75) is 25.3 Å². The zero-order valence-electron chi connectivity index (χ0n) is 11.7. The second-order valence-corrected chi connectivity index (χ2v) is 4.92. The Morgan fingerprint density at radius 2 is 2.10 bits per heavy atom. The maximum absolute atomic E-state index is 13.4. The van der Waals surface area contributed by atoms with Crippen molar-refractivity contribution in [1.82, 2.24) is 4.90 Å². The van der Waals surface area contributed by atoms with E-state index in [0.717, 1.165) is 12.8 Å². The van der Waals surface area contributed by atoms with Gasteiger partial charge < -0.3 is 15.1 Å². The van der Waals surface area contributed by atoms with Crippen LogP contribution < -0.4 is 0 Å². The quantitative estimate of drug-likeness (QED) is 0.800. The summed E-state index contributed by atoms with van der Waals surface area (Å²) in [6.07, 6.45) is 2.13. The van der Waals surface area contributed by atoms with Crippen LogP contribution in [0.25, 0.3) is 0 Å². The highest BCUT2D eigenvalue weighted by molar-refractivity contribution is 5.97. The Kier molecular flexibility index (Phi) is 5.32. The maximum atomic E-state index is 13.4. The van der Waals surface area contributed by atoms with Crippen LogP contribution in [-0.2, 0) is 0 Å². The van der Waals surface area contributed by atoms with Crippen LogP contribution in [0.4, 0.5) is 4.39 Å². The van der Waals surface area contributed by atoms with Crippen LogP contribution in [0.1, 0.15) is 35.2 Å². The van der Waals surface area contributed by atoms with Gasteiger partial charge in [-0.05, 0) is 31.0 Å². The van der Waals surface area contributed by atoms with Gasteiger partial charge in [0.25, 0.3) is 5.91 Å². The van der Waals surface area contributed by atoms with Crippen LogP contribution >= 0.6 is 0 Å². The SMILES string of the molecule is O=C(c1ccc(F)cc1C#CCCO)N(CCO)C1CC1. The van der Waals surface area contributed by atoms with E-state index in [1.165, 1.54) is 18.2 Å². The molecule has 0 spiro atoms. The molecule has 0 atom stereocenters. The molecule has 0 saturated heterocycles. The first-order valence-corrected chi connectivity index (χ1v) is 6.98. The third-order valence-corrected chi connectivity index (χ3v) is 3.26. The summed E-state index contributed by atoms with van der Waals surface area (Å²) in [7, 11) is 0. The van der Waals surface area contributed by atoms with E-state index >= 15 is 0 Å². The molecular weight excluding hydrogens is 273 g/mol. The van der Waals surface area contributed by atoms with E-state index in [0.29, 0.717) is 11.1 Å². The Labute approximate surface area is 123 Å². The average molecular weight is 291 g/mol. The molecule has 0 heterocycles. The highest BCUT2D eigenvalue weighted by Crippen LogP contribution is 2.28. The fourth-order valence-corrected chi connectivity index (χ4v) is 2.12. The normalized spacial score (nSPS) is 13.5. The standard InChI is InChI=1S/C16H18FNO3/c17-13-4-7-15(12(11-13)3-1-2-9-19)16(21)18(8-10-20)14-5-6-14/h4,7,11,14,19-20H,2,5-6,8-10H2. The Morgan fingerprint density at radius 1 is 1.33 bits per heavy atom. The van der Waals surface area contributed by atoms with Gasteiger partial charge >= 0.3 is 0 Å². The van der Waals surface area contributed by atoms with Gasteiger partial charge in [-0.2, -0.15) is 0 Å². The van der Waals surface area contributed by atoms with Gasteiger partial charge in [-0.3, -0.25) is 4.79 Å². The number of rotatable bonds is 5. The number of halogens is 1. The lowest BCUT2D eigenvalue weighted by molar-refractivity contribution is 0.0707. The molecule has 0 aliphatic heterocycles. The number of amides is 1. The van der Waals surface area contributed by atoms with Gasteiger partial charge in [0, 0.05) is 24.6 Å². The van der Waals surface area contributed by atoms with Gasteiger partial charge in [0.15, 0.2) is 0 Å². The minimum absolute atomic E-state index is 0.0791. The molecule has 0 bridgehead atoms. The summed E-state index contributed by atoms with van der Waals surface area (Å²) < 4.78 is 13.4. The fourth-order valence-electron chi connectivity index (χ4n) is 2.12. The Morgan fingerprint density at radius 3 is 2.71 bits per heavy atom. The lowest BCUT2D eigenvalue weighted by atomic mass is 10.1. The van der Waals surface area contributed by atoms with Gasteiger partial charge in [-0.25, -0.2) is 4.39 Å². The molecule has 1 amide bonds. The number of carbonyl (C=O) groups excluding carboxylic acids is 1. The molecule has 1 aromatic carbocycles. The molecule has 21 heavy (non-hydrogen) atoms. The molecule has 2 rings (SSSR count). The monoisotopic (exact) mass is 291 g/mol. The molecule has 0 unspecified atom stereocenters. The van der Waals surface area contributed by atoms with E-state index in [-0.39, 0.29) is 38.1 Å². The van der Waals surface area contributed by atoms with Crippen molar-refractivity contribution >= 4 is 5.91 Å². The van der Waals surface area contributed by atoms with Crippen LogP contribution in [0.15, 0.2) is 18.2 Å². The van der Waals surface area contributed by atoms with E-state index < -0.39 is 5.82 Å². The molecule has 1 saturated carbocycles. The molecule has 1 aliphatic rings. The number of aliphatic hydroxyl groups is 2. The van der Waals surface area contributed by atoms with E-state index in [4.69, 9.17) is 10.2 Å².